The fourth-order valence-corrected chi connectivity index (χ4v) is 3.87. The number of carbonyl (C=O) groups excluding carboxylic acids is 1. The van der Waals surface area contributed by atoms with Gasteiger partial charge in [-0.05, 0) is 19.1 Å². The number of nitrogens with one attached hydrogen (secondary N) is 1. The molecule has 2 aromatic heterocycles. The molecule has 0 fully saturated rings. The van der Waals surface area contributed by atoms with Crippen molar-refractivity contribution in [2.75, 3.05) is 20.8 Å². The number of aromatic nitrogens is 2. The Balaban J connectivity index is 1.52. The summed E-state index contributed by atoms with van der Waals surface area (Å²) in [7, 11) is 3.08. The van der Waals surface area contributed by atoms with Crippen molar-refractivity contribution in [3.8, 4) is 11.3 Å². The fourth-order valence-electron chi connectivity index (χ4n) is 3.02. The Kier molecular flexibility index (Phi) is 5.03. The van der Waals surface area contributed by atoms with Crippen molar-refractivity contribution in [1.29, 1.82) is 0 Å². The van der Waals surface area contributed by atoms with Gasteiger partial charge in [-0.15, -0.1) is 11.3 Å². The number of hydrogen-bond acceptors (Lipinski definition) is 6. The van der Waals surface area contributed by atoms with E-state index >= 15 is 0 Å². The van der Waals surface area contributed by atoms with E-state index in [2.05, 4.69) is 10.3 Å². The summed E-state index contributed by atoms with van der Waals surface area (Å²) in [5.41, 5.74) is 3.55. The Bertz CT molecular complexity index is 1020. The van der Waals surface area contributed by atoms with Crippen molar-refractivity contribution in [2.24, 2.45) is 0 Å². The molecule has 0 saturated carbocycles. The Labute approximate surface area is 166 Å². The van der Waals surface area contributed by atoms with Gasteiger partial charge in [0.2, 0.25) is 5.79 Å². The molecule has 2 atom stereocenters. The van der Waals surface area contributed by atoms with Crippen molar-refractivity contribution >= 4 is 22.2 Å². The van der Waals surface area contributed by atoms with E-state index in [4.69, 9.17) is 14.2 Å². The van der Waals surface area contributed by atoms with Crippen LogP contribution in [0.2, 0.25) is 0 Å². The number of benzene rings is 1. The van der Waals surface area contributed by atoms with Gasteiger partial charge in [0, 0.05) is 31.4 Å². The minimum atomic E-state index is -1.03. The molecule has 7 nitrogen and oxygen atoms in total. The third kappa shape index (κ3) is 3.47. The van der Waals surface area contributed by atoms with Crippen molar-refractivity contribution in [1.82, 2.24) is 14.7 Å². The van der Waals surface area contributed by atoms with Gasteiger partial charge in [0.25, 0.3) is 5.91 Å². The van der Waals surface area contributed by atoms with Crippen molar-refractivity contribution < 1.29 is 19.0 Å². The van der Waals surface area contributed by atoms with Gasteiger partial charge in [0.05, 0.1) is 12.2 Å². The van der Waals surface area contributed by atoms with E-state index in [1.807, 2.05) is 37.4 Å². The quantitative estimate of drug-likeness (QED) is 0.645. The Morgan fingerprint density at radius 1 is 1.36 bits per heavy atom. The van der Waals surface area contributed by atoms with E-state index in [-0.39, 0.29) is 12.5 Å². The Morgan fingerprint density at radius 2 is 2.14 bits per heavy atom. The van der Waals surface area contributed by atoms with Crippen LogP contribution >= 0.6 is 11.3 Å². The number of ether oxygens (including phenoxy) is 3. The van der Waals surface area contributed by atoms with E-state index in [0.717, 1.165) is 16.2 Å². The van der Waals surface area contributed by atoms with Gasteiger partial charge in [-0.25, -0.2) is 4.98 Å². The van der Waals surface area contributed by atoms with Crippen LogP contribution in [0.3, 0.4) is 0 Å². The van der Waals surface area contributed by atoms with E-state index < -0.39 is 12.1 Å². The summed E-state index contributed by atoms with van der Waals surface area (Å²) in [6.07, 6.45) is 4.89. The maximum atomic E-state index is 12.8. The highest BCUT2D eigenvalue weighted by atomic mass is 32.1. The van der Waals surface area contributed by atoms with Crippen LogP contribution in [0, 0.1) is 6.92 Å². The second kappa shape index (κ2) is 7.48. The molecule has 3 aromatic rings. The molecule has 1 N–H and O–H groups in total. The molecule has 0 spiro atoms. The number of methoxy groups -OCH3 is 2. The fraction of sp³-hybridized carbons (Fsp3) is 0.300. The summed E-state index contributed by atoms with van der Waals surface area (Å²) in [5, 5.41) is 4.67. The number of thiazole rings is 1. The highest BCUT2D eigenvalue weighted by molar-refractivity contribution is 7.15. The summed E-state index contributed by atoms with van der Waals surface area (Å²) in [6, 6.07) is 8.14. The molecule has 0 saturated heterocycles. The van der Waals surface area contributed by atoms with E-state index in [1.165, 1.54) is 24.0 Å². The Morgan fingerprint density at radius 3 is 2.82 bits per heavy atom. The number of hydrogen-bond donors (Lipinski definition) is 1. The zero-order chi connectivity index (χ0) is 19.7. The van der Waals surface area contributed by atoms with E-state index in [9.17, 15) is 4.79 Å². The summed E-state index contributed by atoms with van der Waals surface area (Å²) < 4.78 is 18.1. The first-order valence-electron chi connectivity index (χ1n) is 8.80. The number of rotatable bonds is 6. The molecule has 3 heterocycles. The summed E-state index contributed by atoms with van der Waals surface area (Å²) in [5.74, 6) is -1.26. The predicted octanol–water partition coefficient (Wildman–Crippen LogP) is 3.00. The molecule has 1 aliphatic rings. The number of imidazole rings is 1. The SMILES string of the molecule is COC1C=CC(CNC(=O)c2csc3nc(-c4ccc(C)cc4)cn23)(OC)O1. The first kappa shape index (κ1) is 18.8. The average Bonchev–Trinajstić information content (AvgIpc) is 3.41. The van der Waals surface area contributed by atoms with Crippen LogP contribution < -0.4 is 5.32 Å². The van der Waals surface area contributed by atoms with Crippen molar-refractivity contribution in [3.63, 3.8) is 0 Å². The molecule has 28 heavy (non-hydrogen) atoms. The monoisotopic (exact) mass is 399 g/mol. The molecule has 8 heteroatoms. The lowest BCUT2D eigenvalue weighted by atomic mass is 10.1. The maximum absolute atomic E-state index is 12.8. The van der Waals surface area contributed by atoms with Gasteiger partial charge in [0.15, 0.2) is 11.3 Å². The van der Waals surface area contributed by atoms with Gasteiger partial charge in [-0.1, -0.05) is 29.8 Å². The standard InChI is InChI=1S/C20H21N3O4S/c1-13-4-6-14(7-5-13)15-10-23-16(11-28-19(23)22-15)18(24)21-12-20(26-3)9-8-17(25-2)27-20/h4-11,17H,12H2,1-3H3,(H,21,24). The number of nitrogens with zero attached hydrogens (tertiary/aromatic N) is 2. The first-order valence-corrected chi connectivity index (χ1v) is 9.68. The number of fused-ring (bicyclic) bond motifs is 1. The average molecular weight is 399 g/mol. The zero-order valence-corrected chi connectivity index (χ0v) is 16.7. The third-order valence-electron chi connectivity index (χ3n) is 4.69. The van der Waals surface area contributed by atoms with Crippen LogP contribution in [-0.4, -0.2) is 48.1 Å². The lowest BCUT2D eigenvalue weighted by Gasteiger charge is -2.27. The van der Waals surface area contributed by atoms with Crippen LogP contribution in [0.1, 0.15) is 16.1 Å². The van der Waals surface area contributed by atoms with Gasteiger partial charge in [0.1, 0.15) is 5.69 Å². The summed E-state index contributed by atoms with van der Waals surface area (Å²) >= 11 is 1.42. The second-order valence-corrected chi connectivity index (χ2v) is 7.38. The Hall–Kier alpha value is -2.52. The van der Waals surface area contributed by atoms with Crippen LogP contribution in [0.5, 0.6) is 0 Å². The van der Waals surface area contributed by atoms with Crippen LogP contribution in [0.4, 0.5) is 0 Å². The zero-order valence-electron chi connectivity index (χ0n) is 15.8. The van der Waals surface area contributed by atoms with Crippen molar-refractivity contribution in [2.45, 2.75) is 19.0 Å². The second-order valence-electron chi connectivity index (χ2n) is 6.55. The summed E-state index contributed by atoms with van der Waals surface area (Å²) in [6.45, 7) is 2.21. The smallest absolute Gasteiger partial charge is 0.269 e. The van der Waals surface area contributed by atoms with E-state index in [1.54, 1.807) is 29.0 Å². The van der Waals surface area contributed by atoms with Gasteiger partial charge >= 0.3 is 0 Å². The minimum Gasteiger partial charge on any atom is -0.352 e. The third-order valence-corrected chi connectivity index (χ3v) is 5.53. The molecule has 0 bridgehead atoms. The molecule has 1 aromatic carbocycles. The molecule has 4 rings (SSSR count). The number of carbonyl (C=O) groups is 1. The molecule has 0 aliphatic carbocycles. The molecular weight excluding hydrogens is 378 g/mol. The summed E-state index contributed by atoms with van der Waals surface area (Å²) in [4.78, 5) is 18.1. The van der Waals surface area contributed by atoms with Crippen molar-refractivity contribution in [3.05, 3.63) is 59.3 Å². The molecular formula is C20H21N3O4S. The topological polar surface area (TPSA) is 74.1 Å². The minimum absolute atomic E-state index is 0.162. The van der Waals surface area contributed by atoms with Gasteiger partial charge < -0.3 is 19.5 Å². The molecule has 2 unspecified atom stereocenters. The molecule has 1 aliphatic heterocycles. The highest BCUT2D eigenvalue weighted by Crippen LogP contribution is 2.26. The molecule has 0 radical (unpaired) electrons. The largest absolute Gasteiger partial charge is 0.352 e. The van der Waals surface area contributed by atoms with Gasteiger partial charge in [-0.2, -0.15) is 0 Å². The first-order chi connectivity index (χ1) is 13.5. The number of amides is 1. The lowest BCUT2D eigenvalue weighted by Crippen LogP contribution is -2.44. The van der Waals surface area contributed by atoms with E-state index in [0.29, 0.717) is 5.69 Å². The number of aryl methyl sites for hydroxylation is 1. The van der Waals surface area contributed by atoms with Crippen LogP contribution in [-0.2, 0) is 14.2 Å². The van der Waals surface area contributed by atoms with Crippen LogP contribution in [0.15, 0.2) is 48.0 Å². The normalized spacial score (nSPS) is 21.5. The maximum Gasteiger partial charge on any atom is 0.269 e. The lowest BCUT2D eigenvalue weighted by molar-refractivity contribution is -0.238. The molecule has 1 amide bonds. The van der Waals surface area contributed by atoms with Gasteiger partial charge in [-0.3, -0.25) is 9.20 Å². The van der Waals surface area contributed by atoms with Crippen LogP contribution in [0.25, 0.3) is 16.2 Å². The predicted molar refractivity (Wildman–Crippen MR) is 106 cm³/mol. The highest BCUT2D eigenvalue weighted by Gasteiger charge is 2.36. The molecule has 146 valence electrons.